The summed E-state index contributed by atoms with van der Waals surface area (Å²) in [6.45, 7) is 9.02. The molecule has 2 saturated carbocycles. The number of aromatic nitrogens is 2. The second-order valence-electron chi connectivity index (χ2n) is 7.63. The smallest absolute Gasteiger partial charge is 0.231 e. The van der Waals surface area contributed by atoms with Gasteiger partial charge in [-0.25, -0.2) is 0 Å². The quantitative estimate of drug-likeness (QED) is 0.923. The maximum atomic E-state index is 6.37. The summed E-state index contributed by atoms with van der Waals surface area (Å²) in [6.07, 6.45) is 3.58. The molecule has 21 heavy (non-hydrogen) atoms. The Labute approximate surface area is 126 Å². The standard InChI is InChI=1S/C16H27N3O2/c1-5-20-13(16(2,3)4)14-18-15(21-19-14)11-9-6-7-10(8-9)12(11)17/h9-13H,5-8,17H2,1-4H3. The maximum Gasteiger partial charge on any atom is 0.231 e. The summed E-state index contributed by atoms with van der Waals surface area (Å²) in [5, 5.41) is 4.20. The highest BCUT2D eigenvalue weighted by atomic mass is 16.5. The van der Waals surface area contributed by atoms with Crippen molar-refractivity contribution in [3.8, 4) is 0 Å². The highest BCUT2D eigenvalue weighted by molar-refractivity contribution is 5.12. The fraction of sp³-hybridized carbons (Fsp3) is 0.875. The van der Waals surface area contributed by atoms with Crippen LogP contribution >= 0.6 is 0 Å². The fourth-order valence-corrected chi connectivity index (χ4v) is 4.07. The van der Waals surface area contributed by atoms with Crippen LogP contribution < -0.4 is 5.73 Å². The molecule has 1 heterocycles. The Morgan fingerprint density at radius 1 is 1.33 bits per heavy atom. The van der Waals surface area contributed by atoms with Crippen LogP contribution in [-0.4, -0.2) is 22.8 Å². The first-order valence-corrected chi connectivity index (χ1v) is 8.12. The molecule has 2 aliphatic rings. The predicted molar refractivity (Wildman–Crippen MR) is 79.7 cm³/mol. The van der Waals surface area contributed by atoms with Crippen molar-refractivity contribution < 1.29 is 9.26 Å². The lowest BCUT2D eigenvalue weighted by Crippen LogP contribution is -2.34. The molecule has 0 saturated heterocycles. The Morgan fingerprint density at radius 3 is 2.62 bits per heavy atom. The van der Waals surface area contributed by atoms with Crippen LogP contribution in [0.15, 0.2) is 4.52 Å². The molecule has 0 radical (unpaired) electrons. The van der Waals surface area contributed by atoms with Crippen molar-refractivity contribution in [3.05, 3.63) is 11.7 Å². The molecule has 0 amide bonds. The second-order valence-corrected chi connectivity index (χ2v) is 7.63. The number of nitrogens with two attached hydrogens (primary N) is 1. The zero-order valence-electron chi connectivity index (χ0n) is 13.5. The first-order chi connectivity index (χ1) is 9.91. The minimum absolute atomic E-state index is 0.0616. The lowest BCUT2D eigenvalue weighted by atomic mass is 9.85. The molecule has 2 aliphatic carbocycles. The average Bonchev–Trinajstić information content (AvgIpc) is 3.09. The number of nitrogens with zero attached hydrogens (tertiary/aromatic N) is 2. The van der Waals surface area contributed by atoms with Gasteiger partial charge in [0.2, 0.25) is 11.7 Å². The zero-order chi connectivity index (χ0) is 15.2. The predicted octanol–water partition coefficient (Wildman–Crippen LogP) is 3.03. The average molecular weight is 293 g/mol. The summed E-state index contributed by atoms with van der Waals surface area (Å²) in [6, 6.07) is 0.178. The van der Waals surface area contributed by atoms with Crippen LogP contribution in [0.3, 0.4) is 0 Å². The minimum atomic E-state index is -0.144. The third kappa shape index (κ3) is 2.61. The number of hydrogen-bond donors (Lipinski definition) is 1. The normalized spacial score (nSPS) is 33.6. The van der Waals surface area contributed by atoms with Gasteiger partial charge in [0.05, 0.1) is 5.92 Å². The van der Waals surface area contributed by atoms with Crippen molar-refractivity contribution in [1.29, 1.82) is 0 Å². The lowest BCUT2D eigenvalue weighted by molar-refractivity contribution is -0.0203. The van der Waals surface area contributed by atoms with Gasteiger partial charge in [0.1, 0.15) is 6.10 Å². The molecule has 5 unspecified atom stereocenters. The second kappa shape index (κ2) is 5.36. The number of ether oxygens (including phenoxy) is 1. The molecule has 5 nitrogen and oxygen atoms in total. The Morgan fingerprint density at radius 2 is 2.05 bits per heavy atom. The maximum absolute atomic E-state index is 6.37. The zero-order valence-corrected chi connectivity index (χ0v) is 13.5. The van der Waals surface area contributed by atoms with Crippen LogP contribution in [0.2, 0.25) is 0 Å². The first kappa shape index (κ1) is 15.0. The third-order valence-electron chi connectivity index (χ3n) is 5.08. The van der Waals surface area contributed by atoms with Crippen molar-refractivity contribution in [2.45, 2.75) is 65.0 Å². The Balaban J connectivity index is 1.83. The molecular weight excluding hydrogens is 266 g/mol. The molecule has 0 aromatic carbocycles. The fourth-order valence-electron chi connectivity index (χ4n) is 4.07. The van der Waals surface area contributed by atoms with Gasteiger partial charge in [-0.15, -0.1) is 0 Å². The van der Waals surface area contributed by atoms with Crippen LogP contribution in [0.25, 0.3) is 0 Å². The Bertz CT molecular complexity index is 475. The SMILES string of the molecule is CCOC(c1noc(C2C3CCC(C3)C2N)n1)C(C)(C)C. The summed E-state index contributed by atoms with van der Waals surface area (Å²) in [7, 11) is 0. The summed E-state index contributed by atoms with van der Waals surface area (Å²) in [5.41, 5.74) is 6.31. The summed E-state index contributed by atoms with van der Waals surface area (Å²) < 4.78 is 11.4. The van der Waals surface area contributed by atoms with Crippen LogP contribution in [0, 0.1) is 17.3 Å². The monoisotopic (exact) mass is 293 g/mol. The molecule has 1 aromatic rings. The minimum Gasteiger partial charge on any atom is -0.370 e. The molecule has 1 aromatic heterocycles. The summed E-state index contributed by atoms with van der Waals surface area (Å²) >= 11 is 0. The largest absolute Gasteiger partial charge is 0.370 e. The van der Waals surface area contributed by atoms with Crippen molar-refractivity contribution in [2.75, 3.05) is 6.61 Å². The van der Waals surface area contributed by atoms with Gasteiger partial charge >= 0.3 is 0 Å². The molecule has 2 fully saturated rings. The van der Waals surface area contributed by atoms with E-state index in [9.17, 15) is 0 Å². The van der Waals surface area contributed by atoms with E-state index in [2.05, 4.69) is 30.9 Å². The van der Waals surface area contributed by atoms with Crippen LogP contribution in [-0.2, 0) is 4.74 Å². The molecule has 2 N–H and O–H groups in total. The van der Waals surface area contributed by atoms with Crippen LogP contribution in [0.5, 0.6) is 0 Å². The van der Waals surface area contributed by atoms with Gasteiger partial charge in [0.15, 0.2) is 0 Å². The summed E-state index contributed by atoms with van der Waals surface area (Å²) in [5.74, 6) is 2.89. The van der Waals surface area contributed by atoms with Crippen molar-refractivity contribution >= 4 is 0 Å². The van der Waals surface area contributed by atoms with Crippen LogP contribution in [0.4, 0.5) is 0 Å². The van der Waals surface area contributed by atoms with Crippen molar-refractivity contribution in [3.63, 3.8) is 0 Å². The molecule has 2 bridgehead atoms. The third-order valence-corrected chi connectivity index (χ3v) is 5.08. The molecule has 3 rings (SSSR count). The van der Waals surface area contributed by atoms with E-state index in [1.807, 2.05) is 6.92 Å². The van der Waals surface area contributed by atoms with Gasteiger partial charge in [-0.2, -0.15) is 4.98 Å². The van der Waals surface area contributed by atoms with Gasteiger partial charge in [0, 0.05) is 12.6 Å². The topological polar surface area (TPSA) is 74.2 Å². The van der Waals surface area contributed by atoms with E-state index >= 15 is 0 Å². The van der Waals surface area contributed by atoms with Gasteiger partial charge in [0.25, 0.3) is 0 Å². The Kier molecular flexibility index (Phi) is 3.82. The number of hydrogen-bond acceptors (Lipinski definition) is 5. The highest BCUT2D eigenvalue weighted by Crippen LogP contribution is 2.52. The van der Waals surface area contributed by atoms with E-state index in [1.165, 1.54) is 19.3 Å². The van der Waals surface area contributed by atoms with E-state index in [4.69, 9.17) is 15.0 Å². The van der Waals surface area contributed by atoms with E-state index in [-0.39, 0.29) is 23.5 Å². The van der Waals surface area contributed by atoms with Crippen molar-refractivity contribution in [1.82, 2.24) is 10.1 Å². The van der Waals surface area contributed by atoms with E-state index in [1.54, 1.807) is 0 Å². The van der Waals surface area contributed by atoms with Gasteiger partial charge < -0.3 is 15.0 Å². The number of fused-ring (bicyclic) bond motifs is 2. The van der Waals surface area contributed by atoms with Crippen molar-refractivity contribution in [2.24, 2.45) is 23.0 Å². The molecule has 118 valence electrons. The van der Waals surface area contributed by atoms with Crippen LogP contribution in [0.1, 0.15) is 70.7 Å². The van der Waals surface area contributed by atoms with Gasteiger partial charge in [-0.3, -0.25) is 0 Å². The molecule has 5 heteroatoms. The van der Waals surface area contributed by atoms with E-state index < -0.39 is 0 Å². The lowest BCUT2D eigenvalue weighted by Gasteiger charge is -2.27. The van der Waals surface area contributed by atoms with E-state index in [0.29, 0.717) is 24.3 Å². The van der Waals surface area contributed by atoms with Gasteiger partial charge in [-0.05, 0) is 43.4 Å². The molecule has 0 spiro atoms. The molecular formula is C16H27N3O2. The first-order valence-electron chi connectivity index (χ1n) is 8.12. The van der Waals surface area contributed by atoms with Gasteiger partial charge in [-0.1, -0.05) is 25.9 Å². The highest BCUT2D eigenvalue weighted by Gasteiger charge is 2.49. The molecule has 0 aliphatic heterocycles. The summed E-state index contributed by atoms with van der Waals surface area (Å²) in [4.78, 5) is 4.66. The molecule has 5 atom stereocenters. The Hall–Kier alpha value is -0.940. The number of rotatable bonds is 4. The van der Waals surface area contributed by atoms with E-state index in [0.717, 1.165) is 5.89 Å².